The monoisotopic (exact) mass is 393 g/mol. The van der Waals surface area contributed by atoms with Gasteiger partial charge in [0.15, 0.2) is 0 Å². The fourth-order valence-electron chi connectivity index (χ4n) is 3.15. The number of hydrogen-bond acceptors (Lipinski definition) is 5. The lowest BCUT2D eigenvalue weighted by molar-refractivity contribution is 0.00695. The van der Waals surface area contributed by atoms with Crippen molar-refractivity contribution < 1.29 is 9.53 Å². The summed E-state index contributed by atoms with van der Waals surface area (Å²) in [6, 6.07) is 13.2. The fraction of sp³-hybridized carbons (Fsp3) is 0.348. The van der Waals surface area contributed by atoms with E-state index in [0.717, 1.165) is 17.8 Å². The number of esters is 1. The minimum atomic E-state index is -0.521. The molecule has 1 N–H and O–H groups in total. The molecule has 0 radical (unpaired) electrons. The lowest BCUT2D eigenvalue weighted by atomic mass is 10.1. The Morgan fingerprint density at radius 1 is 1.14 bits per heavy atom. The second-order valence-corrected chi connectivity index (χ2v) is 8.07. The number of anilines is 1. The van der Waals surface area contributed by atoms with Crippen molar-refractivity contribution in [3.63, 3.8) is 0 Å². The third-order valence-corrected chi connectivity index (χ3v) is 4.51. The van der Waals surface area contributed by atoms with Crippen molar-refractivity contribution in [3.05, 3.63) is 69.8 Å². The maximum Gasteiger partial charge on any atom is 0.338 e. The summed E-state index contributed by atoms with van der Waals surface area (Å²) in [4.78, 5) is 33.7. The lowest BCUT2D eigenvalue weighted by Gasteiger charge is -2.24. The van der Waals surface area contributed by atoms with Gasteiger partial charge in [-0.25, -0.2) is 9.78 Å². The first-order valence-corrected chi connectivity index (χ1v) is 9.74. The van der Waals surface area contributed by atoms with Crippen LogP contribution in [-0.4, -0.2) is 28.1 Å². The van der Waals surface area contributed by atoms with Gasteiger partial charge in [-0.05, 0) is 76.6 Å². The van der Waals surface area contributed by atoms with Crippen LogP contribution in [0.25, 0.3) is 10.9 Å². The predicted molar refractivity (Wildman–Crippen MR) is 115 cm³/mol. The highest BCUT2D eigenvalue weighted by molar-refractivity contribution is 5.90. The van der Waals surface area contributed by atoms with E-state index in [2.05, 4.69) is 21.8 Å². The van der Waals surface area contributed by atoms with Crippen LogP contribution >= 0.6 is 0 Å². The molecular weight excluding hydrogens is 366 g/mol. The molecule has 2 aromatic carbocycles. The molecule has 0 saturated heterocycles. The van der Waals surface area contributed by atoms with Gasteiger partial charge in [0.2, 0.25) is 0 Å². The summed E-state index contributed by atoms with van der Waals surface area (Å²) >= 11 is 0. The largest absolute Gasteiger partial charge is 0.456 e. The molecule has 152 valence electrons. The summed E-state index contributed by atoms with van der Waals surface area (Å²) < 4.78 is 5.42. The zero-order valence-electron chi connectivity index (χ0n) is 17.6. The van der Waals surface area contributed by atoms with E-state index in [1.54, 1.807) is 19.1 Å². The molecule has 29 heavy (non-hydrogen) atoms. The molecule has 1 heterocycles. The molecule has 0 amide bonds. The summed E-state index contributed by atoms with van der Waals surface area (Å²) in [7, 11) is 0. The van der Waals surface area contributed by atoms with E-state index in [4.69, 9.17) is 4.74 Å². The number of nitrogens with zero attached hydrogens (tertiary/aromatic N) is 2. The molecule has 0 aliphatic carbocycles. The van der Waals surface area contributed by atoms with Gasteiger partial charge < -0.3 is 14.6 Å². The number of nitrogens with one attached hydrogen (secondary N) is 1. The molecule has 0 aliphatic rings. The van der Waals surface area contributed by atoms with Crippen LogP contribution in [0.5, 0.6) is 0 Å². The third kappa shape index (κ3) is 5.02. The maximum atomic E-state index is 12.2. The van der Waals surface area contributed by atoms with Gasteiger partial charge in [0.1, 0.15) is 11.4 Å². The van der Waals surface area contributed by atoms with Crippen LogP contribution in [0.3, 0.4) is 0 Å². The highest BCUT2D eigenvalue weighted by Crippen LogP contribution is 2.21. The Bertz CT molecular complexity index is 1080. The summed E-state index contributed by atoms with van der Waals surface area (Å²) in [5, 5.41) is 0.587. The average Bonchev–Trinajstić information content (AvgIpc) is 2.65. The number of aromatic nitrogens is 2. The van der Waals surface area contributed by atoms with Crippen molar-refractivity contribution in [2.24, 2.45) is 0 Å². The number of ether oxygens (including phenoxy) is 1. The van der Waals surface area contributed by atoms with E-state index in [0.29, 0.717) is 28.8 Å². The number of benzene rings is 2. The van der Waals surface area contributed by atoms with E-state index < -0.39 is 5.60 Å². The van der Waals surface area contributed by atoms with Gasteiger partial charge >= 0.3 is 5.97 Å². The second kappa shape index (κ2) is 8.07. The minimum absolute atomic E-state index is 0.126. The van der Waals surface area contributed by atoms with Crippen LogP contribution in [0.4, 0.5) is 5.69 Å². The van der Waals surface area contributed by atoms with Gasteiger partial charge in [-0.3, -0.25) is 4.79 Å². The van der Waals surface area contributed by atoms with Crippen molar-refractivity contribution in [2.45, 2.75) is 46.8 Å². The molecule has 0 spiro atoms. The first-order valence-electron chi connectivity index (χ1n) is 9.74. The van der Waals surface area contributed by atoms with Gasteiger partial charge in [0.05, 0.1) is 16.5 Å². The van der Waals surface area contributed by atoms with Crippen molar-refractivity contribution >= 4 is 22.6 Å². The normalized spacial score (nSPS) is 11.5. The van der Waals surface area contributed by atoms with E-state index >= 15 is 0 Å². The molecule has 3 rings (SSSR count). The number of carbonyl (C=O) groups excluding carboxylic acids is 1. The van der Waals surface area contributed by atoms with Gasteiger partial charge in [-0.15, -0.1) is 0 Å². The molecule has 0 bridgehead atoms. The number of rotatable bonds is 5. The van der Waals surface area contributed by atoms with E-state index in [9.17, 15) is 9.59 Å². The summed E-state index contributed by atoms with van der Waals surface area (Å²) in [5.41, 5.74) is 2.59. The topological polar surface area (TPSA) is 75.3 Å². The number of fused-ring (bicyclic) bond motifs is 1. The van der Waals surface area contributed by atoms with Crippen molar-refractivity contribution in [1.29, 1.82) is 0 Å². The van der Waals surface area contributed by atoms with Crippen LogP contribution in [0.15, 0.2) is 47.3 Å². The Morgan fingerprint density at radius 2 is 1.83 bits per heavy atom. The molecule has 6 heteroatoms. The van der Waals surface area contributed by atoms with Crippen molar-refractivity contribution in [3.8, 4) is 0 Å². The van der Waals surface area contributed by atoms with Crippen LogP contribution < -0.4 is 10.5 Å². The molecule has 3 aromatic rings. The molecule has 0 fully saturated rings. The molecule has 0 aliphatic heterocycles. The average molecular weight is 393 g/mol. The molecule has 0 saturated carbocycles. The third-order valence-electron chi connectivity index (χ3n) is 4.51. The number of carbonyl (C=O) groups is 1. The van der Waals surface area contributed by atoms with Crippen LogP contribution in [0.2, 0.25) is 0 Å². The van der Waals surface area contributed by atoms with Gasteiger partial charge in [0, 0.05) is 18.8 Å². The van der Waals surface area contributed by atoms with Gasteiger partial charge in [0.25, 0.3) is 5.56 Å². The zero-order valence-corrected chi connectivity index (χ0v) is 17.6. The Balaban J connectivity index is 1.80. The minimum Gasteiger partial charge on any atom is -0.456 e. The number of aromatic amines is 1. The van der Waals surface area contributed by atoms with Crippen molar-refractivity contribution in [2.75, 3.05) is 11.4 Å². The Morgan fingerprint density at radius 3 is 2.45 bits per heavy atom. The zero-order chi connectivity index (χ0) is 21.2. The number of hydrogen-bond donors (Lipinski definition) is 1. The van der Waals surface area contributed by atoms with Gasteiger partial charge in [-0.1, -0.05) is 6.07 Å². The Kier molecular flexibility index (Phi) is 5.73. The Hall–Kier alpha value is -3.15. The standard InChI is InChI=1S/C23H27N3O3/c1-6-26(18-10-8-17(9-11-18)22(28)29-23(3,4)5)14-16-7-12-20-19(13-16)21(27)25-15(2)24-20/h7-13H,6,14H2,1-5H3,(H,24,25,27). The summed E-state index contributed by atoms with van der Waals surface area (Å²) in [6.45, 7) is 10.8. The van der Waals surface area contributed by atoms with Crippen molar-refractivity contribution in [1.82, 2.24) is 9.97 Å². The number of aryl methyl sites for hydroxylation is 1. The maximum absolute atomic E-state index is 12.2. The lowest BCUT2D eigenvalue weighted by Crippen LogP contribution is -2.24. The van der Waals surface area contributed by atoms with E-state index in [-0.39, 0.29) is 11.5 Å². The fourth-order valence-corrected chi connectivity index (χ4v) is 3.15. The Labute approximate surface area is 170 Å². The van der Waals surface area contributed by atoms with Crippen LogP contribution in [-0.2, 0) is 11.3 Å². The molecule has 6 nitrogen and oxygen atoms in total. The molecule has 0 atom stereocenters. The number of H-pyrrole nitrogens is 1. The molecular formula is C23H27N3O3. The molecule has 0 unspecified atom stereocenters. The smallest absolute Gasteiger partial charge is 0.338 e. The van der Waals surface area contributed by atoms with E-state index in [1.165, 1.54) is 0 Å². The molecule has 1 aromatic heterocycles. The van der Waals surface area contributed by atoms with E-state index in [1.807, 2.05) is 51.1 Å². The summed E-state index contributed by atoms with van der Waals surface area (Å²) in [6.07, 6.45) is 0. The first kappa shape index (κ1) is 20.6. The predicted octanol–water partition coefficient (Wildman–Crippen LogP) is 4.21. The first-order chi connectivity index (χ1) is 13.7. The second-order valence-electron chi connectivity index (χ2n) is 8.07. The van der Waals surface area contributed by atoms with Crippen LogP contribution in [0.1, 0.15) is 49.4 Å². The SMILES string of the molecule is CCN(Cc1ccc2nc(C)[nH]c(=O)c2c1)c1ccc(C(=O)OC(C)(C)C)cc1. The van der Waals surface area contributed by atoms with Crippen LogP contribution in [0, 0.1) is 6.92 Å². The summed E-state index contributed by atoms with van der Waals surface area (Å²) in [5.74, 6) is 0.277. The van der Waals surface area contributed by atoms with Gasteiger partial charge in [-0.2, -0.15) is 0 Å². The highest BCUT2D eigenvalue weighted by atomic mass is 16.6. The highest BCUT2D eigenvalue weighted by Gasteiger charge is 2.18. The quantitative estimate of drug-likeness (QED) is 0.657.